The van der Waals surface area contributed by atoms with Gasteiger partial charge in [-0.3, -0.25) is 0 Å². The van der Waals surface area contributed by atoms with Crippen LogP contribution in [0.4, 0.5) is 0 Å². The molecule has 1 aromatic rings. The van der Waals surface area contributed by atoms with E-state index >= 15 is 0 Å². The lowest BCUT2D eigenvalue weighted by molar-refractivity contribution is 0.315. The van der Waals surface area contributed by atoms with Crippen molar-refractivity contribution in [3.63, 3.8) is 0 Å². The number of hydrogen-bond acceptors (Lipinski definition) is 3. The van der Waals surface area contributed by atoms with Crippen molar-refractivity contribution in [2.45, 2.75) is 13.3 Å². The van der Waals surface area contributed by atoms with E-state index in [0.717, 1.165) is 22.2 Å². The number of hydrogen-bond donors (Lipinski definition) is 1. The summed E-state index contributed by atoms with van der Waals surface area (Å²) in [5.41, 5.74) is 0.822. The first-order valence-electron chi connectivity index (χ1n) is 4.37. The molecule has 76 valence electrons. The molecule has 0 bridgehead atoms. The van der Waals surface area contributed by atoms with Gasteiger partial charge in [-0.1, -0.05) is 12.1 Å². The lowest BCUT2D eigenvalue weighted by Crippen LogP contribution is -1.96. The predicted octanol–water partition coefficient (Wildman–Crippen LogP) is 3.05. The molecular weight excluding hydrogens is 246 g/mol. The first kappa shape index (κ1) is 11.0. The molecule has 0 radical (unpaired) electrons. The smallest absolute Gasteiger partial charge is 0.133 e. The van der Waals surface area contributed by atoms with Crippen molar-refractivity contribution < 1.29 is 9.94 Å². The first-order chi connectivity index (χ1) is 6.77. The van der Waals surface area contributed by atoms with E-state index < -0.39 is 0 Å². The second kappa shape index (κ2) is 5.65. The number of rotatable bonds is 4. The number of ether oxygens (including phenoxy) is 1. The quantitative estimate of drug-likeness (QED) is 0.512. The van der Waals surface area contributed by atoms with Crippen molar-refractivity contribution in [3.8, 4) is 5.75 Å². The summed E-state index contributed by atoms with van der Waals surface area (Å²) in [6.45, 7) is 2.76. The maximum Gasteiger partial charge on any atom is 0.133 e. The summed E-state index contributed by atoms with van der Waals surface area (Å²) < 4.78 is 6.33. The molecule has 0 heterocycles. The molecule has 0 saturated carbocycles. The molecule has 0 unspecified atom stereocenters. The van der Waals surface area contributed by atoms with Gasteiger partial charge in [-0.05, 0) is 46.1 Å². The summed E-state index contributed by atoms with van der Waals surface area (Å²) in [6, 6.07) is 5.51. The van der Waals surface area contributed by atoms with Gasteiger partial charge in [0.25, 0.3) is 0 Å². The molecule has 0 aliphatic heterocycles. The van der Waals surface area contributed by atoms with E-state index in [9.17, 15) is 0 Å². The average molecular weight is 258 g/mol. The minimum absolute atomic E-state index is 0.700. The Hall–Kier alpha value is -1.03. The van der Waals surface area contributed by atoms with Gasteiger partial charge < -0.3 is 9.94 Å². The molecule has 0 spiro atoms. The van der Waals surface area contributed by atoms with Crippen molar-refractivity contribution in [1.82, 2.24) is 0 Å². The van der Waals surface area contributed by atoms with Gasteiger partial charge in [-0.25, -0.2) is 0 Å². The van der Waals surface area contributed by atoms with Crippen LogP contribution in [0, 0.1) is 0 Å². The number of benzene rings is 1. The van der Waals surface area contributed by atoms with Crippen LogP contribution < -0.4 is 4.74 Å². The highest BCUT2D eigenvalue weighted by atomic mass is 79.9. The highest BCUT2D eigenvalue weighted by Gasteiger charge is 2.00. The Morgan fingerprint density at radius 2 is 2.36 bits per heavy atom. The molecule has 14 heavy (non-hydrogen) atoms. The van der Waals surface area contributed by atoms with Crippen molar-refractivity contribution in [1.29, 1.82) is 0 Å². The molecule has 1 aromatic carbocycles. The average Bonchev–Trinajstić information content (AvgIpc) is 2.17. The molecule has 3 nitrogen and oxygen atoms in total. The van der Waals surface area contributed by atoms with Crippen LogP contribution in [-0.2, 0) is 0 Å². The highest BCUT2D eigenvalue weighted by Crippen LogP contribution is 2.25. The molecule has 0 amide bonds. The van der Waals surface area contributed by atoms with Crippen LogP contribution in [0.2, 0.25) is 0 Å². The SMILES string of the molecule is CCCOc1ccc(/C=N\O)cc1Br. The molecule has 1 N–H and O–H groups in total. The second-order valence-electron chi connectivity index (χ2n) is 2.78. The van der Waals surface area contributed by atoms with Crippen LogP contribution in [0.1, 0.15) is 18.9 Å². The molecule has 0 fully saturated rings. The Morgan fingerprint density at radius 1 is 1.57 bits per heavy atom. The fourth-order valence-corrected chi connectivity index (χ4v) is 1.50. The Morgan fingerprint density at radius 3 is 2.93 bits per heavy atom. The Bertz CT molecular complexity index is 326. The fraction of sp³-hybridized carbons (Fsp3) is 0.300. The molecule has 0 saturated heterocycles. The van der Waals surface area contributed by atoms with E-state index in [4.69, 9.17) is 9.94 Å². The van der Waals surface area contributed by atoms with Crippen LogP contribution in [0.5, 0.6) is 5.75 Å². The monoisotopic (exact) mass is 257 g/mol. The summed E-state index contributed by atoms with van der Waals surface area (Å²) in [5, 5.41) is 11.3. The summed E-state index contributed by atoms with van der Waals surface area (Å²) >= 11 is 3.38. The van der Waals surface area contributed by atoms with Crippen LogP contribution in [0.3, 0.4) is 0 Å². The molecule has 4 heteroatoms. The van der Waals surface area contributed by atoms with Gasteiger partial charge in [0.2, 0.25) is 0 Å². The zero-order valence-corrected chi connectivity index (χ0v) is 9.49. The minimum atomic E-state index is 0.700. The second-order valence-corrected chi connectivity index (χ2v) is 3.64. The van der Waals surface area contributed by atoms with Gasteiger partial charge >= 0.3 is 0 Å². The zero-order chi connectivity index (χ0) is 10.4. The summed E-state index contributed by atoms with van der Waals surface area (Å²) in [6.07, 6.45) is 2.35. The molecule has 0 aliphatic rings. The molecule has 0 aliphatic carbocycles. The van der Waals surface area contributed by atoms with Crippen molar-refractivity contribution in [3.05, 3.63) is 28.2 Å². The highest BCUT2D eigenvalue weighted by molar-refractivity contribution is 9.10. The van der Waals surface area contributed by atoms with Gasteiger partial charge in [-0.2, -0.15) is 0 Å². The third kappa shape index (κ3) is 3.03. The molecule has 0 aromatic heterocycles. The normalized spacial score (nSPS) is 10.7. The van der Waals surface area contributed by atoms with Crippen LogP contribution in [-0.4, -0.2) is 18.0 Å². The molecular formula is C10H12BrNO2. The van der Waals surface area contributed by atoms with Gasteiger partial charge in [0.1, 0.15) is 5.75 Å². The first-order valence-corrected chi connectivity index (χ1v) is 5.17. The summed E-state index contributed by atoms with van der Waals surface area (Å²) in [5.74, 6) is 0.807. The number of halogens is 1. The Kier molecular flexibility index (Phi) is 4.46. The topological polar surface area (TPSA) is 41.8 Å². The lowest BCUT2D eigenvalue weighted by Gasteiger charge is -2.06. The van der Waals surface area contributed by atoms with E-state index in [0.29, 0.717) is 6.61 Å². The van der Waals surface area contributed by atoms with Gasteiger partial charge in [0.15, 0.2) is 0 Å². The summed E-state index contributed by atoms with van der Waals surface area (Å²) in [4.78, 5) is 0. The van der Waals surface area contributed by atoms with Crippen LogP contribution in [0.25, 0.3) is 0 Å². The number of nitrogens with zero attached hydrogens (tertiary/aromatic N) is 1. The van der Waals surface area contributed by atoms with Gasteiger partial charge in [0, 0.05) is 0 Å². The van der Waals surface area contributed by atoms with E-state index in [2.05, 4.69) is 28.0 Å². The fourth-order valence-electron chi connectivity index (χ4n) is 0.993. The van der Waals surface area contributed by atoms with Crippen molar-refractivity contribution >= 4 is 22.1 Å². The van der Waals surface area contributed by atoms with Crippen LogP contribution in [0.15, 0.2) is 27.8 Å². The summed E-state index contributed by atoms with van der Waals surface area (Å²) in [7, 11) is 0. The largest absolute Gasteiger partial charge is 0.492 e. The van der Waals surface area contributed by atoms with Crippen molar-refractivity contribution in [2.24, 2.45) is 5.16 Å². The lowest BCUT2D eigenvalue weighted by atomic mass is 10.2. The van der Waals surface area contributed by atoms with Gasteiger partial charge in [-0.15, -0.1) is 0 Å². The Labute approximate surface area is 91.5 Å². The molecule has 1 rings (SSSR count). The Balaban J connectivity index is 2.79. The standard InChI is InChI=1S/C10H12BrNO2/c1-2-5-14-10-4-3-8(7-12-13)6-9(10)11/h3-4,6-7,13H,2,5H2,1H3/b12-7-. The van der Waals surface area contributed by atoms with Gasteiger partial charge in [0.05, 0.1) is 17.3 Å². The maximum absolute atomic E-state index is 8.34. The predicted molar refractivity (Wildman–Crippen MR) is 59.3 cm³/mol. The zero-order valence-electron chi connectivity index (χ0n) is 7.90. The van der Waals surface area contributed by atoms with E-state index in [-0.39, 0.29) is 0 Å². The molecule has 0 atom stereocenters. The maximum atomic E-state index is 8.34. The third-order valence-electron chi connectivity index (χ3n) is 1.62. The minimum Gasteiger partial charge on any atom is -0.492 e. The number of oxime groups is 1. The third-order valence-corrected chi connectivity index (χ3v) is 2.24. The van der Waals surface area contributed by atoms with E-state index in [1.54, 1.807) is 0 Å². The van der Waals surface area contributed by atoms with E-state index in [1.807, 2.05) is 18.2 Å². The van der Waals surface area contributed by atoms with E-state index in [1.165, 1.54) is 6.21 Å². The van der Waals surface area contributed by atoms with Crippen molar-refractivity contribution in [2.75, 3.05) is 6.61 Å². The van der Waals surface area contributed by atoms with Crippen LogP contribution >= 0.6 is 15.9 Å².